The molecule has 0 aromatic rings. The van der Waals surface area contributed by atoms with Gasteiger partial charge in [0.15, 0.2) is 6.10 Å². The lowest BCUT2D eigenvalue weighted by atomic mass is 10.1. The van der Waals surface area contributed by atoms with E-state index in [1.165, 1.54) is 0 Å². The Hall–Kier alpha value is -0.840. The highest BCUT2D eigenvalue weighted by Gasteiger charge is 2.21. The van der Waals surface area contributed by atoms with Crippen LogP contribution in [0.5, 0.6) is 0 Å². The molecule has 94 valence electrons. The van der Waals surface area contributed by atoms with E-state index in [2.05, 4.69) is 5.32 Å². The first-order chi connectivity index (χ1) is 7.11. The molecule has 0 rings (SSSR count). The van der Waals surface area contributed by atoms with Crippen LogP contribution >= 0.6 is 12.2 Å². The molecule has 16 heavy (non-hydrogen) atoms. The molecule has 0 bridgehead atoms. The van der Waals surface area contributed by atoms with E-state index >= 15 is 0 Å². The fraction of sp³-hybridized carbons (Fsp3) is 0.818. The second-order valence-corrected chi connectivity index (χ2v) is 5.77. The monoisotopic (exact) mass is 246 g/mol. The molecule has 0 aromatic heterocycles. The molecule has 0 spiro atoms. The number of thiocarbonyl (C=S) groups is 1. The molecule has 3 N–H and O–H groups in total. The summed E-state index contributed by atoms with van der Waals surface area (Å²) in [5, 5.41) is 2.70. The Bertz CT molecular complexity index is 259. The second-order valence-electron chi connectivity index (χ2n) is 5.30. The van der Waals surface area contributed by atoms with Crippen LogP contribution < -0.4 is 11.1 Å². The van der Waals surface area contributed by atoms with Crippen molar-refractivity contribution < 1.29 is 9.53 Å². The average molecular weight is 246 g/mol. The SMILES string of the molecule is CC(C)C[C@H](OC(=O)NC(C)(C)C)C(N)=S. The molecule has 0 saturated carbocycles. The van der Waals surface area contributed by atoms with Gasteiger partial charge in [-0.2, -0.15) is 0 Å². The number of amides is 1. The lowest BCUT2D eigenvalue weighted by Crippen LogP contribution is -2.44. The molecule has 0 fully saturated rings. The number of rotatable bonds is 4. The minimum Gasteiger partial charge on any atom is -0.439 e. The highest BCUT2D eigenvalue weighted by atomic mass is 32.1. The fourth-order valence-corrected chi connectivity index (χ4v) is 1.26. The molecular formula is C11H22N2O2S. The summed E-state index contributed by atoms with van der Waals surface area (Å²) in [6.07, 6.45) is -0.323. The Morgan fingerprint density at radius 2 is 1.94 bits per heavy atom. The van der Waals surface area contributed by atoms with Gasteiger partial charge < -0.3 is 15.8 Å². The van der Waals surface area contributed by atoms with E-state index in [0.29, 0.717) is 12.3 Å². The van der Waals surface area contributed by atoms with Crippen LogP contribution in [0.1, 0.15) is 41.0 Å². The normalized spacial score (nSPS) is 13.4. The molecule has 0 aliphatic heterocycles. The average Bonchev–Trinajstić information content (AvgIpc) is 1.97. The number of carbonyl (C=O) groups is 1. The third-order valence-corrected chi connectivity index (χ3v) is 1.99. The number of hydrogen-bond donors (Lipinski definition) is 2. The van der Waals surface area contributed by atoms with Gasteiger partial charge in [0.25, 0.3) is 0 Å². The highest BCUT2D eigenvalue weighted by Crippen LogP contribution is 2.10. The largest absolute Gasteiger partial charge is 0.439 e. The summed E-state index contributed by atoms with van der Waals surface area (Å²) in [7, 11) is 0. The molecule has 0 heterocycles. The van der Waals surface area contributed by atoms with Gasteiger partial charge >= 0.3 is 6.09 Å². The van der Waals surface area contributed by atoms with Crippen molar-refractivity contribution in [2.75, 3.05) is 0 Å². The van der Waals surface area contributed by atoms with Crippen molar-refractivity contribution in [3.63, 3.8) is 0 Å². The van der Waals surface area contributed by atoms with Gasteiger partial charge in [-0.15, -0.1) is 0 Å². The first kappa shape index (κ1) is 15.2. The molecular weight excluding hydrogens is 224 g/mol. The minimum absolute atomic E-state index is 0.220. The Morgan fingerprint density at radius 1 is 1.44 bits per heavy atom. The van der Waals surface area contributed by atoms with E-state index in [1.807, 2.05) is 34.6 Å². The van der Waals surface area contributed by atoms with Gasteiger partial charge in [-0.3, -0.25) is 0 Å². The smallest absolute Gasteiger partial charge is 0.408 e. The first-order valence-corrected chi connectivity index (χ1v) is 5.80. The zero-order valence-corrected chi connectivity index (χ0v) is 11.5. The number of carbonyl (C=O) groups excluding carboxylic acids is 1. The van der Waals surface area contributed by atoms with Gasteiger partial charge in [-0.05, 0) is 33.1 Å². The van der Waals surface area contributed by atoms with Gasteiger partial charge in [-0.25, -0.2) is 4.79 Å². The van der Waals surface area contributed by atoms with E-state index in [1.54, 1.807) is 0 Å². The van der Waals surface area contributed by atoms with Gasteiger partial charge in [0.2, 0.25) is 0 Å². The molecule has 0 unspecified atom stereocenters. The second kappa shape index (κ2) is 6.03. The zero-order chi connectivity index (χ0) is 12.9. The molecule has 5 heteroatoms. The fourth-order valence-electron chi connectivity index (χ4n) is 1.12. The topological polar surface area (TPSA) is 64.3 Å². The summed E-state index contributed by atoms with van der Waals surface area (Å²) < 4.78 is 5.18. The number of alkyl carbamates (subject to hydrolysis) is 1. The van der Waals surface area contributed by atoms with Crippen LogP contribution in [-0.4, -0.2) is 22.7 Å². The van der Waals surface area contributed by atoms with Crippen LogP contribution in [0, 0.1) is 5.92 Å². The van der Waals surface area contributed by atoms with E-state index < -0.39 is 12.2 Å². The number of nitrogens with two attached hydrogens (primary N) is 1. The highest BCUT2D eigenvalue weighted by molar-refractivity contribution is 7.80. The summed E-state index contributed by atoms with van der Waals surface area (Å²) in [5.41, 5.74) is 5.20. The third kappa shape index (κ3) is 7.45. The van der Waals surface area contributed by atoms with Crippen LogP contribution in [0.25, 0.3) is 0 Å². The van der Waals surface area contributed by atoms with Crippen LogP contribution in [0.4, 0.5) is 4.79 Å². The predicted octanol–water partition coefficient (Wildman–Crippen LogP) is 2.21. The molecule has 0 radical (unpaired) electrons. The van der Waals surface area contributed by atoms with E-state index in [4.69, 9.17) is 22.7 Å². The third-order valence-electron chi connectivity index (χ3n) is 1.73. The number of hydrogen-bond acceptors (Lipinski definition) is 3. The predicted molar refractivity (Wildman–Crippen MR) is 69.4 cm³/mol. The van der Waals surface area contributed by atoms with Crippen molar-refractivity contribution in [1.82, 2.24) is 5.32 Å². The van der Waals surface area contributed by atoms with Crippen molar-refractivity contribution in [1.29, 1.82) is 0 Å². The van der Waals surface area contributed by atoms with Crippen molar-refractivity contribution in [3.8, 4) is 0 Å². The van der Waals surface area contributed by atoms with Crippen LogP contribution in [-0.2, 0) is 4.74 Å². The quantitative estimate of drug-likeness (QED) is 0.746. The summed E-state index contributed by atoms with van der Waals surface area (Å²) in [4.78, 5) is 11.7. The van der Waals surface area contributed by atoms with Gasteiger partial charge in [0.1, 0.15) is 4.99 Å². The van der Waals surface area contributed by atoms with E-state index in [9.17, 15) is 4.79 Å². The number of nitrogens with one attached hydrogen (secondary N) is 1. The zero-order valence-electron chi connectivity index (χ0n) is 10.7. The lowest BCUT2D eigenvalue weighted by Gasteiger charge is -2.23. The molecule has 0 aliphatic carbocycles. The van der Waals surface area contributed by atoms with Crippen molar-refractivity contribution >= 4 is 23.3 Å². The Kier molecular flexibility index (Phi) is 5.72. The van der Waals surface area contributed by atoms with Crippen molar-refractivity contribution in [2.45, 2.75) is 52.7 Å². The van der Waals surface area contributed by atoms with Crippen LogP contribution in [0.2, 0.25) is 0 Å². The lowest BCUT2D eigenvalue weighted by molar-refractivity contribution is 0.111. The van der Waals surface area contributed by atoms with Crippen molar-refractivity contribution in [2.24, 2.45) is 11.7 Å². The van der Waals surface area contributed by atoms with Gasteiger partial charge in [0, 0.05) is 5.54 Å². The van der Waals surface area contributed by atoms with E-state index in [0.717, 1.165) is 0 Å². The van der Waals surface area contributed by atoms with Gasteiger partial charge in [0.05, 0.1) is 0 Å². The summed E-state index contributed by atoms with van der Waals surface area (Å²) in [6, 6.07) is 0. The molecule has 4 nitrogen and oxygen atoms in total. The summed E-state index contributed by atoms with van der Waals surface area (Å²) in [6.45, 7) is 9.69. The van der Waals surface area contributed by atoms with Crippen LogP contribution in [0.3, 0.4) is 0 Å². The molecule has 0 aromatic carbocycles. The van der Waals surface area contributed by atoms with Crippen LogP contribution in [0.15, 0.2) is 0 Å². The van der Waals surface area contributed by atoms with Crippen molar-refractivity contribution in [3.05, 3.63) is 0 Å². The number of ether oxygens (including phenoxy) is 1. The minimum atomic E-state index is -0.489. The maximum absolute atomic E-state index is 11.5. The van der Waals surface area contributed by atoms with E-state index in [-0.39, 0.29) is 10.5 Å². The first-order valence-electron chi connectivity index (χ1n) is 5.40. The summed E-state index contributed by atoms with van der Waals surface area (Å²) >= 11 is 4.87. The Labute approximate surface area is 103 Å². The standard InChI is InChI=1S/C11H22N2O2S/c1-7(2)6-8(9(12)16)15-10(14)13-11(3,4)5/h7-8H,6H2,1-5H3,(H2,12,16)(H,13,14)/t8-/m0/s1. The van der Waals surface area contributed by atoms with Gasteiger partial charge in [-0.1, -0.05) is 26.1 Å². The Balaban J connectivity index is 4.30. The maximum Gasteiger partial charge on any atom is 0.408 e. The molecule has 0 aliphatic rings. The maximum atomic E-state index is 11.5. The molecule has 0 saturated heterocycles. The molecule has 1 atom stereocenters. The Morgan fingerprint density at radius 3 is 2.25 bits per heavy atom. The molecule has 1 amide bonds. The summed E-state index contributed by atoms with van der Waals surface area (Å²) in [5.74, 6) is 0.369.